The van der Waals surface area contributed by atoms with E-state index in [-0.39, 0.29) is 12.5 Å². The minimum Gasteiger partial charge on any atom is -0.437 e. The van der Waals surface area contributed by atoms with Crippen LogP contribution in [-0.4, -0.2) is 15.3 Å². The van der Waals surface area contributed by atoms with E-state index in [1.807, 2.05) is 6.07 Å². The Morgan fingerprint density at radius 3 is 3.00 bits per heavy atom. The summed E-state index contributed by atoms with van der Waals surface area (Å²) in [5, 5.41) is 25.3. The van der Waals surface area contributed by atoms with Crippen LogP contribution in [0.4, 0.5) is 0 Å². The second-order valence-electron chi connectivity index (χ2n) is 3.27. The van der Waals surface area contributed by atoms with Crippen LogP contribution >= 0.6 is 0 Å². The standard InChI is InChI=1S/C12H9N3O2/c13-7-10-4-5-14-15-12(10)17-11-3-1-2-9(6-11)8-16/h1-6,16H,8H2. The summed E-state index contributed by atoms with van der Waals surface area (Å²) in [6.07, 6.45) is 1.43. The van der Waals surface area contributed by atoms with Gasteiger partial charge in [0, 0.05) is 0 Å². The molecule has 1 heterocycles. The molecule has 0 amide bonds. The van der Waals surface area contributed by atoms with Gasteiger partial charge in [-0.2, -0.15) is 10.4 Å². The number of ether oxygens (including phenoxy) is 1. The van der Waals surface area contributed by atoms with Crippen LogP contribution in [-0.2, 0) is 6.61 Å². The van der Waals surface area contributed by atoms with Crippen molar-refractivity contribution in [3.8, 4) is 17.7 Å². The summed E-state index contributed by atoms with van der Waals surface area (Å²) in [4.78, 5) is 0. The normalized spacial score (nSPS) is 9.65. The van der Waals surface area contributed by atoms with Crippen LogP contribution in [0.3, 0.4) is 0 Å². The number of benzene rings is 1. The van der Waals surface area contributed by atoms with Crippen molar-refractivity contribution in [3.63, 3.8) is 0 Å². The fraction of sp³-hybridized carbons (Fsp3) is 0.0833. The minimum atomic E-state index is -0.0667. The molecule has 0 radical (unpaired) electrons. The van der Waals surface area contributed by atoms with Crippen molar-refractivity contribution in [2.45, 2.75) is 6.61 Å². The number of hydrogen-bond acceptors (Lipinski definition) is 5. The number of nitriles is 1. The van der Waals surface area contributed by atoms with Crippen LogP contribution < -0.4 is 4.74 Å². The molecule has 1 aromatic carbocycles. The molecule has 0 spiro atoms. The van der Waals surface area contributed by atoms with Crippen LogP contribution in [0.5, 0.6) is 11.6 Å². The SMILES string of the molecule is N#Cc1ccnnc1Oc1cccc(CO)c1. The fourth-order valence-corrected chi connectivity index (χ4v) is 1.30. The third kappa shape index (κ3) is 2.56. The number of hydrogen-bond donors (Lipinski definition) is 1. The molecule has 5 nitrogen and oxygen atoms in total. The van der Waals surface area contributed by atoms with Gasteiger partial charge in [0.15, 0.2) is 0 Å². The van der Waals surface area contributed by atoms with Gasteiger partial charge in [-0.25, -0.2) is 0 Å². The van der Waals surface area contributed by atoms with Gasteiger partial charge in [0.05, 0.1) is 12.8 Å². The number of rotatable bonds is 3. The molecule has 17 heavy (non-hydrogen) atoms. The van der Waals surface area contributed by atoms with Gasteiger partial charge in [-0.1, -0.05) is 12.1 Å². The van der Waals surface area contributed by atoms with Crippen LogP contribution in [0.15, 0.2) is 36.5 Å². The van der Waals surface area contributed by atoms with Gasteiger partial charge in [-0.3, -0.25) is 0 Å². The van der Waals surface area contributed by atoms with E-state index in [1.165, 1.54) is 12.3 Å². The van der Waals surface area contributed by atoms with Crippen molar-refractivity contribution in [2.75, 3.05) is 0 Å². The zero-order chi connectivity index (χ0) is 12.1. The topological polar surface area (TPSA) is 79.0 Å². The van der Waals surface area contributed by atoms with Crippen LogP contribution in [0.25, 0.3) is 0 Å². The van der Waals surface area contributed by atoms with E-state index in [0.717, 1.165) is 5.56 Å². The van der Waals surface area contributed by atoms with Gasteiger partial charge in [0.2, 0.25) is 0 Å². The number of aromatic nitrogens is 2. The molecule has 0 aliphatic carbocycles. The van der Waals surface area contributed by atoms with Crippen molar-refractivity contribution in [2.24, 2.45) is 0 Å². The maximum atomic E-state index is 8.99. The van der Waals surface area contributed by atoms with E-state index in [4.69, 9.17) is 15.1 Å². The Morgan fingerprint density at radius 2 is 2.24 bits per heavy atom. The molecule has 0 saturated carbocycles. The maximum absolute atomic E-state index is 8.99. The molecule has 2 aromatic rings. The summed E-state index contributed by atoms with van der Waals surface area (Å²) in [7, 11) is 0. The summed E-state index contributed by atoms with van der Waals surface area (Å²) >= 11 is 0. The lowest BCUT2D eigenvalue weighted by Crippen LogP contribution is -1.94. The first-order chi connectivity index (χ1) is 8.33. The van der Waals surface area contributed by atoms with E-state index in [0.29, 0.717) is 11.3 Å². The molecule has 0 saturated heterocycles. The first-order valence-corrected chi connectivity index (χ1v) is 4.93. The highest BCUT2D eigenvalue weighted by molar-refractivity contribution is 5.39. The van der Waals surface area contributed by atoms with Crippen LogP contribution in [0.2, 0.25) is 0 Å². The number of aliphatic hydroxyl groups excluding tert-OH is 1. The van der Waals surface area contributed by atoms with E-state index in [2.05, 4.69) is 10.2 Å². The summed E-state index contributed by atoms with van der Waals surface area (Å²) < 4.78 is 5.44. The molecule has 0 bridgehead atoms. The van der Waals surface area contributed by atoms with Crippen molar-refractivity contribution in [3.05, 3.63) is 47.7 Å². The fourth-order valence-electron chi connectivity index (χ4n) is 1.30. The van der Waals surface area contributed by atoms with E-state index in [1.54, 1.807) is 24.3 Å². The molecule has 0 aliphatic rings. The Hall–Kier alpha value is -2.45. The molecule has 0 aliphatic heterocycles. The van der Waals surface area contributed by atoms with Gasteiger partial charge >= 0.3 is 0 Å². The van der Waals surface area contributed by atoms with Crippen LogP contribution in [0, 0.1) is 11.3 Å². The second kappa shape index (κ2) is 5.05. The average molecular weight is 227 g/mol. The predicted molar refractivity (Wildman–Crippen MR) is 59.2 cm³/mol. The Balaban J connectivity index is 2.28. The summed E-state index contributed by atoms with van der Waals surface area (Å²) in [5.74, 6) is 0.665. The Morgan fingerprint density at radius 1 is 1.35 bits per heavy atom. The third-order valence-electron chi connectivity index (χ3n) is 2.10. The highest BCUT2D eigenvalue weighted by atomic mass is 16.5. The van der Waals surface area contributed by atoms with E-state index >= 15 is 0 Å². The molecule has 84 valence electrons. The van der Waals surface area contributed by atoms with E-state index in [9.17, 15) is 0 Å². The van der Waals surface area contributed by atoms with Crippen molar-refractivity contribution >= 4 is 0 Å². The molecule has 2 rings (SSSR count). The lowest BCUT2D eigenvalue weighted by Gasteiger charge is -2.05. The molecule has 5 heteroatoms. The van der Waals surface area contributed by atoms with Crippen molar-refractivity contribution in [1.82, 2.24) is 10.2 Å². The Bertz CT molecular complexity index is 564. The van der Waals surface area contributed by atoms with Gasteiger partial charge in [-0.15, -0.1) is 5.10 Å². The zero-order valence-electron chi connectivity index (χ0n) is 8.87. The molecule has 0 fully saturated rings. The van der Waals surface area contributed by atoms with Crippen molar-refractivity contribution < 1.29 is 9.84 Å². The number of aliphatic hydroxyl groups is 1. The highest BCUT2D eigenvalue weighted by Gasteiger charge is 2.06. The van der Waals surface area contributed by atoms with Gasteiger partial charge in [0.25, 0.3) is 5.88 Å². The van der Waals surface area contributed by atoms with Gasteiger partial charge in [0.1, 0.15) is 17.4 Å². The van der Waals surface area contributed by atoms with Gasteiger partial charge in [-0.05, 0) is 23.8 Å². The smallest absolute Gasteiger partial charge is 0.256 e. The summed E-state index contributed by atoms with van der Waals surface area (Å²) in [6.45, 7) is -0.0667. The molecule has 1 aromatic heterocycles. The zero-order valence-corrected chi connectivity index (χ0v) is 8.87. The molecular weight excluding hydrogens is 218 g/mol. The first-order valence-electron chi connectivity index (χ1n) is 4.93. The van der Waals surface area contributed by atoms with Crippen molar-refractivity contribution in [1.29, 1.82) is 5.26 Å². The average Bonchev–Trinajstić information content (AvgIpc) is 2.39. The quantitative estimate of drug-likeness (QED) is 0.862. The Kier molecular flexibility index (Phi) is 3.28. The monoisotopic (exact) mass is 227 g/mol. The summed E-state index contributed by atoms with van der Waals surface area (Å²) in [5.41, 5.74) is 1.04. The maximum Gasteiger partial charge on any atom is 0.256 e. The highest BCUT2D eigenvalue weighted by Crippen LogP contribution is 2.22. The molecule has 0 atom stereocenters. The molecule has 1 N–H and O–H groups in total. The largest absolute Gasteiger partial charge is 0.437 e. The first kappa shape index (κ1) is 11.0. The third-order valence-corrected chi connectivity index (χ3v) is 2.10. The second-order valence-corrected chi connectivity index (χ2v) is 3.27. The number of nitrogens with zero attached hydrogens (tertiary/aromatic N) is 3. The molecular formula is C12H9N3O2. The Labute approximate surface area is 97.9 Å². The minimum absolute atomic E-state index is 0.0667. The van der Waals surface area contributed by atoms with Gasteiger partial charge < -0.3 is 9.84 Å². The summed E-state index contributed by atoms with van der Waals surface area (Å²) in [6, 6.07) is 10.4. The molecule has 0 unspecified atom stereocenters. The predicted octanol–water partition coefficient (Wildman–Crippen LogP) is 1.63. The van der Waals surface area contributed by atoms with E-state index < -0.39 is 0 Å². The lowest BCUT2D eigenvalue weighted by molar-refractivity contribution is 0.281. The lowest BCUT2D eigenvalue weighted by atomic mass is 10.2. The van der Waals surface area contributed by atoms with Crippen LogP contribution in [0.1, 0.15) is 11.1 Å².